The number of phenols is 1. The lowest BCUT2D eigenvalue weighted by atomic mass is 9.78. The molecular formula is C30H52O3S. The van der Waals surface area contributed by atoms with Crippen LogP contribution in [0.25, 0.3) is 0 Å². The van der Waals surface area contributed by atoms with E-state index < -0.39 is 5.25 Å². The maximum Gasteiger partial charge on any atom is 0.319 e. The number of unbranched alkanes of at least 4 members (excludes halogenated alkanes) is 7. The molecule has 196 valence electrons. The number of aromatic hydroxyl groups is 1. The molecule has 0 aliphatic rings. The van der Waals surface area contributed by atoms with Crippen molar-refractivity contribution in [3.63, 3.8) is 0 Å². The molecule has 34 heavy (non-hydrogen) atoms. The number of carbonyl (C=O) groups excluding carboxylic acids is 1. The Morgan fingerprint density at radius 1 is 0.853 bits per heavy atom. The van der Waals surface area contributed by atoms with Gasteiger partial charge in [-0.25, -0.2) is 0 Å². The van der Waals surface area contributed by atoms with E-state index in [-0.39, 0.29) is 16.8 Å². The Kier molecular flexibility index (Phi) is 13.1. The first-order valence-corrected chi connectivity index (χ1v) is 14.0. The first-order chi connectivity index (χ1) is 15.7. The highest BCUT2D eigenvalue weighted by molar-refractivity contribution is 7.81. The smallest absolute Gasteiger partial charge is 0.319 e. The van der Waals surface area contributed by atoms with Gasteiger partial charge in [0.25, 0.3) is 0 Å². The molecule has 0 fully saturated rings. The number of hydrogen-bond acceptors (Lipinski definition) is 4. The molecule has 0 heterocycles. The van der Waals surface area contributed by atoms with Gasteiger partial charge >= 0.3 is 5.97 Å². The van der Waals surface area contributed by atoms with Crippen molar-refractivity contribution in [2.24, 2.45) is 5.92 Å². The molecule has 0 aliphatic heterocycles. The molecule has 1 atom stereocenters. The molecule has 1 rings (SSSR count). The van der Waals surface area contributed by atoms with Gasteiger partial charge in [0.05, 0.1) is 6.61 Å². The van der Waals surface area contributed by atoms with Crippen LogP contribution < -0.4 is 0 Å². The first-order valence-electron chi connectivity index (χ1n) is 13.4. The van der Waals surface area contributed by atoms with Gasteiger partial charge in [-0.15, -0.1) is 0 Å². The lowest BCUT2D eigenvalue weighted by Crippen LogP contribution is -2.22. The molecule has 0 aromatic heterocycles. The standard InChI is InChI=1S/C30H52O3S/c1-22(2)17-15-13-11-9-10-12-14-16-18-33-28(32)26(34)21-23-19-24(29(3,4)5)27(31)25(20-23)30(6,7)8/h19-20,22,26,31,34H,9-18,21H2,1-8H3. The van der Waals surface area contributed by atoms with Crippen molar-refractivity contribution < 1.29 is 14.6 Å². The second-order valence-corrected chi connectivity index (χ2v) is 13.1. The van der Waals surface area contributed by atoms with Crippen LogP contribution in [0.4, 0.5) is 0 Å². The minimum Gasteiger partial charge on any atom is -0.507 e. The molecular weight excluding hydrogens is 440 g/mol. The third kappa shape index (κ3) is 11.5. The summed E-state index contributed by atoms with van der Waals surface area (Å²) in [4.78, 5) is 12.5. The van der Waals surface area contributed by atoms with E-state index in [1.807, 2.05) is 12.1 Å². The second kappa shape index (κ2) is 14.4. The van der Waals surface area contributed by atoms with Crippen molar-refractivity contribution in [1.82, 2.24) is 0 Å². The van der Waals surface area contributed by atoms with Gasteiger partial charge in [-0.3, -0.25) is 4.79 Å². The molecule has 0 saturated heterocycles. The summed E-state index contributed by atoms with van der Waals surface area (Å²) >= 11 is 4.55. The van der Waals surface area contributed by atoms with E-state index in [0.29, 0.717) is 18.8 Å². The lowest BCUT2D eigenvalue weighted by Gasteiger charge is -2.28. The van der Waals surface area contributed by atoms with Gasteiger partial charge in [-0.2, -0.15) is 12.6 Å². The zero-order valence-corrected chi connectivity index (χ0v) is 24.2. The molecule has 0 radical (unpaired) electrons. The Labute approximate surface area is 215 Å². The van der Waals surface area contributed by atoms with Crippen LogP contribution in [0.2, 0.25) is 0 Å². The summed E-state index contributed by atoms with van der Waals surface area (Å²) in [7, 11) is 0. The van der Waals surface area contributed by atoms with E-state index >= 15 is 0 Å². The third-order valence-electron chi connectivity index (χ3n) is 6.41. The van der Waals surface area contributed by atoms with E-state index in [0.717, 1.165) is 35.4 Å². The zero-order valence-electron chi connectivity index (χ0n) is 23.3. The van der Waals surface area contributed by atoms with E-state index in [9.17, 15) is 9.90 Å². The van der Waals surface area contributed by atoms with Crippen molar-refractivity contribution in [2.45, 2.75) is 136 Å². The fourth-order valence-electron chi connectivity index (χ4n) is 4.25. The largest absolute Gasteiger partial charge is 0.507 e. The normalized spacial score (nSPS) is 13.4. The number of ether oxygens (including phenoxy) is 1. The summed E-state index contributed by atoms with van der Waals surface area (Å²) in [6.07, 6.45) is 11.7. The van der Waals surface area contributed by atoms with E-state index in [2.05, 4.69) is 68.0 Å². The Morgan fingerprint density at radius 2 is 1.29 bits per heavy atom. The first kappa shape index (κ1) is 30.9. The molecule has 0 saturated carbocycles. The monoisotopic (exact) mass is 492 g/mol. The summed E-state index contributed by atoms with van der Waals surface area (Å²) in [5.41, 5.74) is 2.44. The fourth-order valence-corrected chi connectivity index (χ4v) is 4.53. The molecule has 1 aromatic rings. The van der Waals surface area contributed by atoms with Crippen molar-refractivity contribution >= 4 is 18.6 Å². The van der Waals surface area contributed by atoms with E-state index in [1.165, 1.54) is 44.9 Å². The average molecular weight is 493 g/mol. The van der Waals surface area contributed by atoms with Crippen molar-refractivity contribution in [1.29, 1.82) is 0 Å². The van der Waals surface area contributed by atoms with Gasteiger partial charge in [0.15, 0.2) is 0 Å². The van der Waals surface area contributed by atoms with E-state index in [1.54, 1.807) is 0 Å². The summed E-state index contributed by atoms with van der Waals surface area (Å²) in [5, 5.41) is 10.4. The minimum atomic E-state index is -0.504. The quantitative estimate of drug-likeness (QED) is 0.155. The SMILES string of the molecule is CC(C)CCCCCCCCCCOC(=O)C(S)Cc1cc(C(C)(C)C)c(O)c(C(C)(C)C)c1. The van der Waals surface area contributed by atoms with Gasteiger partial charge in [0, 0.05) is 0 Å². The topological polar surface area (TPSA) is 46.5 Å². The second-order valence-electron chi connectivity index (χ2n) is 12.4. The van der Waals surface area contributed by atoms with Crippen LogP contribution in [0.15, 0.2) is 12.1 Å². The van der Waals surface area contributed by atoms with Crippen LogP contribution >= 0.6 is 12.6 Å². The molecule has 0 spiro atoms. The van der Waals surface area contributed by atoms with Crippen LogP contribution in [0.1, 0.15) is 130 Å². The summed E-state index contributed by atoms with van der Waals surface area (Å²) < 4.78 is 5.51. The minimum absolute atomic E-state index is 0.194. The number of hydrogen-bond donors (Lipinski definition) is 2. The highest BCUT2D eigenvalue weighted by atomic mass is 32.1. The third-order valence-corrected chi connectivity index (χ3v) is 6.80. The van der Waals surface area contributed by atoms with Gasteiger partial charge < -0.3 is 9.84 Å². The predicted octanol–water partition coefficient (Wildman–Crippen LogP) is 8.54. The molecule has 1 N–H and O–H groups in total. The maximum absolute atomic E-state index is 12.5. The van der Waals surface area contributed by atoms with Crippen LogP contribution in [0, 0.1) is 5.92 Å². The van der Waals surface area contributed by atoms with Crippen LogP contribution in [-0.2, 0) is 26.8 Å². The summed E-state index contributed by atoms with van der Waals surface area (Å²) in [6.45, 7) is 17.6. The lowest BCUT2D eigenvalue weighted by molar-refractivity contribution is -0.143. The molecule has 1 aromatic carbocycles. The average Bonchev–Trinajstić information content (AvgIpc) is 2.70. The van der Waals surface area contributed by atoms with Crippen molar-refractivity contribution in [3.05, 3.63) is 28.8 Å². The number of carbonyl (C=O) groups is 1. The van der Waals surface area contributed by atoms with Crippen LogP contribution in [0.5, 0.6) is 5.75 Å². The van der Waals surface area contributed by atoms with Gasteiger partial charge in [-0.1, -0.05) is 119 Å². The molecule has 4 heteroatoms. The predicted molar refractivity (Wildman–Crippen MR) is 149 cm³/mol. The van der Waals surface area contributed by atoms with Crippen LogP contribution in [-0.4, -0.2) is 22.9 Å². The van der Waals surface area contributed by atoms with Gasteiger partial charge in [0.1, 0.15) is 11.0 Å². The highest BCUT2D eigenvalue weighted by Gasteiger charge is 2.27. The highest BCUT2D eigenvalue weighted by Crippen LogP contribution is 2.40. The van der Waals surface area contributed by atoms with Crippen molar-refractivity contribution in [3.8, 4) is 5.75 Å². The molecule has 0 bridgehead atoms. The van der Waals surface area contributed by atoms with Gasteiger partial charge in [-0.05, 0) is 46.3 Å². The Morgan fingerprint density at radius 3 is 1.74 bits per heavy atom. The number of thiol groups is 1. The Hall–Kier alpha value is -1.16. The Balaban J connectivity index is 2.45. The van der Waals surface area contributed by atoms with Crippen molar-refractivity contribution in [2.75, 3.05) is 6.61 Å². The zero-order chi connectivity index (χ0) is 25.9. The number of phenolic OH excluding ortho intramolecular Hbond substituents is 1. The van der Waals surface area contributed by atoms with Gasteiger partial charge in [0.2, 0.25) is 0 Å². The number of benzene rings is 1. The number of rotatable bonds is 14. The summed E-state index contributed by atoms with van der Waals surface area (Å²) in [6, 6.07) is 4.04. The molecule has 0 amide bonds. The molecule has 0 aliphatic carbocycles. The maximum atomic E-state index is 12.5. The fraction of sp³-hybridized carbons (Fsp3) is 0.767. The number of esters is 1. The van der Waals surface area contributed by atoms with Crippen LogP contribution in [0.3, 0.4) is 0 Å². The molecule has 3 nitrogen and oxygen atoms in total. The Bertz CT molecular complexity index is 705. The van der Waals surface area contributed by atoms with E-state index in [4.69, 9.17) is 4.74 Å². The summed E-state index contributed by atoms with van der Waals surface area (Å²) in [5.74, 6) is 0.927. The molecule has 1 unspecified atom stereocenters.